The zero-order chi connectivity index (χ0) is 12.6. The molecule has 2 rings (SSSR count). The summed E-state index contributed by atoms with van der Waals surface area (Å²) in [6, 6.07) is 6.00. The zero-order valence-electron chi connectivity index (χ0n) is 8.75. The Hall–Kier alpha value is -1.39. The average molecular weight is 273 g/mol. The van der Waals surface area contributed by atoms with Crippen LogP contribution in [0.5, 0.6) is 0 Å². The number of nitrogens with zero attached hydrogens (tertiary/aromatic N) is 2. The number of hydrogen-bond acceptors (Lipinski definition) is 2. The van der Waals surface area contributed by atoms with Gasteiger partial charge in [-0.1, -0.05) is 35.3 Å². The van der Waals surface area contributed by atoms with Gasteiger partial charge in [-0.05, 0) is 12.1 Å². The van der Waals surface area contributed by atoms with Gasteiger partial charge >= 0.3 is 0 Å². The lowest BCUT2D eigenvalue weighted by Crippen LogP contribution is -2.21. The highest BCUT2D eigenvalue weighted by atomic mass is 35.5. The lowest BCUT2D eigenvalue weighted by atomic mass is 10.1. The number of halogens is 3. The molecule has 1 heterocycles. The second-order valence-electron chi connectivity index (χ2n) is 3.39. The summed E-state index contributed by atoms with van der Waals surface area (Å²) in [5.41, 5.74) is -0.102. The summed E-state index contributed by atoms with van der Waals surface area (Å²) >= 11 is 11.5. The zero-order valence-corrected chi connectivity index (χ0v) is 10.3. The maximum atomic E-state index is 13.6. The van der Waals surface area contributed by atoms with Crippen LogP contribution in [0.25, 0.3) is 11.3 Å². The third kappa shape index (κ3) is 2.06. The van der Waals surface area contributed by atoms with Crippen LogP contribution in [0.3, 0.4) is 0 Å². The van der Waals surface area contributed by atoms with Gasteiger partial charge in [0.2, 0.25) is 0 Å². The lowest BCUT2D eigenvalue weighted by molar-refractivity contribution is 0.628. The minimum Gasteiger partial charge on any atom is -0.306 e. The van der Waals surface area contributed by atoms with Gasteiger partial charge in [0.05, 0.1) is 5.69 Å². The molecule has 0 spiro atoms. The van der Waals surface area contributed by atoms with E-state index >= 15 is 0 Å². The smallest absolute Gasteiger partial charge is 0.288 e. The van der Waals surface area contributed by atoms with Crippen molar-refractivity contribution in [2.45, 2.75) is 0 Å². The van der Waals surface area contributed by atoms with E-state index in [-0.39, 0.29) is 21.6 Å². The number of rotatable bonds is 1. The van der Waals surface area contributed by atoms with E-state index in [1.807, 2.05) is 0 Å². The fourth-order valence-electron chi connectivity index (χ4n) is 1.51. The van der Waals surface area contributed by atoms with Gasteiger partial charge in [-0.3, -0.25) is 4.79 Å². The third-order valence-corrected chi connectivity index (χ3v) is 2.85. The molecule has 3 nitrogen and oxygen atoms in total. The standard InChI is InChI=1S/C11H7Cl2FN2O/c1-16-8(6-4-2-3-5-7(6)14)9(12)15-10(13)11(16)17/h2-5H,1H3. The van der Waals surface area contributed by atoms with Gasteiger partial charge in [0.15, 0.2) is 10.3 Å². The molecule has 0 bridgehead atoms. The molecule has 0 atom stereocenters. The molecule has 0 radical (unpaired) electrons. The number of aromatic nitrogens is 2. The van der Waals surface area contributed by atoms with Crippen LogP contribution in [0.2, 0.25) is 10.3 Å². The topological polar surface area (TPSA) is 34.9 Å². The van der Waals surface area contributed by atoms with Crippen molar-refractivity contribution in [1.29, 1.82) is 0 Å². The van der Waals surface area contributed by atoms with Gasteiger partial charge in [0, 0.05) is 12.6 Å². The van der Waals surface area contributed by atoms with Crippen LogP contribution in [-0.4, -0.2) is 9.55 Å². The second kappa shape index (κ2) is 4.47. The molecular formula is C11H7Cl2FN2O. The van der Waals surface area contributed by atoms with E-state index in [0.29, 0.717) is 0 Å². The van der Waals surface area contributed by atoms with Crippen LogP contribution < -0.4 is 5.56 Å². The van der Waals surface area contributed by atoms with Crippen LogP contribution >= 0.6 is 23.2 Å². The van der Waals surface area contributed by atoms with Crippen LogP contribution in [-0.2, 0) is 7.05 Å². The SMILES string of the molecule is Cn1c(-c2ccccc2F)c(Cl)nc(Cl)c1=O. The van der Waals surface area contributed by atoms with E-state index in [4.69, 9.17) is 23.2 Å². The molecule has 6 heteroatoms. The molecule has 17 heavy (non-hydrogen) atoms. The quantitative estimate of drug-likeness (QED) is 0.800. The van der Waals surface area contributed by atoms with Crippen LogP contribution in [0.1, 0.15) is 0 Å². The molecule has 0 N–H and O–H groups in total. The Bertz CT molecular complexity index is 640. The first-order valence-electron chi connectivity index (χ1n) is 4.69. The summed E-state index contributed by atoms with van der Waals surface area (Å²) in [6.45, 7) is 0. The first-order chi connectivity index (χ1) is 8.02. The van der Waals surface area contributed by atoms with Crippen molar-refractivity contribution in [2.75, 3.05) is 0 Å². The molecule has 0 fully saturated rings. The molecule has 0 saturated carbocycles. The highest BCUT2D eigenvalue weighted by molar-refractivity contribution is 6.33. The summed E-state index contributed by atoms with van der Waals surface area (Å²) in [5, 5.41) is -0.250. The molecule has 0 aliphatic carbocycles. The molecule has 0 unspecified atom stereocenters. The Morgan fingerprint density at radius 3 is 2.53 bits per heavy atom. The highest BCUT2D eigenvalue weighted by Crippen LogP contribution is 2.27. The van der Waals surface area contributed by atoms with Gasteiger partial charge in [-0.25, -0.2) is 9.37 Å². The summed E-state index contributed by atoms with van der Waals surface area (Å²) in [6.07, 6.45) is 0. The van der Waals surface area contributed by atoms with Crippen LogP contribution in [0.4, 0.5) is 4.39 Å². The van der Waals surface area contributed by atoms with Crippen molar-refractivity contribution in [3.05, 3.63) is 50.7 Å². The van der Waals surface area contributed by atoms with Crippen molar-refractivity contribution >= 4 is 23.2 Å². The molecule has 0 aliphatic rings. The summed E-state index contributed by atoms with van der Waals surface area (Å²) < 4.78 is 14.8. The Kier molecular flexibility index (Phi) is 3.17. The van der Waals surface area contributed by atoms with Crippen molar-refractivity contribution in [1.82, 2.24) is 9.55 Å². The first kappa shape index (κ1) is 12.1. The van der Waals surface area contributed by atoms with Gasteiger partial charge in [0.1, 0.15) is 5.82 Å². The van der Waals surface area contributed by atoms with Gasteiger partial charge < -0.3 is 4.57 Å². The lowest BCUT2D eigenvalue weighted by Gasteiger charge is -2.10. The normalized spacial score (nSPS) is 10.6. The van der Waals surface area contributed by atoms with Crippen molar-refractivity contribution in [3.8, 4) is 11.3 Å². The Labute approximate surface area is 106 Å². The van der Waals surface area contributed by atoms with Crippen LogP contribution in [0, 0.1) is 5.82 Å². The van der Waals surface area contributed by atoms with Gasteiger partial charge in [-0.15, -0.1) is 0 Å². The molecule has 0 saturated heterocycles. The Balaban J connectivity index is 2.82. The molecular weight excluding hydrogens is 266 g/mol. The van der Waals surface area contributed by atoms with Crippen LogP contribution in [0.15, 0.2) is 29.1 Å². The average Bonchev–Trinajstić information content (AvgIpc) is 2.29. The van der Waals surface area contributed by atoms with E-state index in [0.717, 1.165) is 0 Å². The Morgan fingerprint density at radius 1 is 1.24 bits per heavy atom. The van der Waals surface area contributed by atoms with E-state index in [1.165, 1.54) is 23.7 Å². The molecule has 0 amide bonds. The largest absolute Gasteiger partial charge is 0.306 e. The predicted octanol–water partition coefficient (Wildman–Crippen LogP) is 2.89. The number of benzene rings is 1. The molecule has 1 aromatic carbocycles. The molecule has 88 valence electrons. The van der Waals surface area contributed by atoms with E-state index < -0.39 is 11.4 Å². The first-order valence-corrected chi connectivity index (χ1v) is 5.45. The van der Waals surface area contributed by atoms with Gasteiger partial charge in [0.25, 0.3) is 5.56 Å². The van der Waals surface area contributed by atoms with E-state index in [9.17, 15) is 9.18 Å². The minimum atomic E-state index is -0.519. The van der Waals surface area contributed by atoms with E-state index in [2.05, 4.69) is 4.98 Å². The predicted molar refractivity (Wildman–Crippen MR) is 64.9 cm³/mol. The Morgan fingerprint density at radius 2 is 1.88 bits per heavy atom. The molecule has 2 aromatic rings. The maximum Gasteiger partial charge on any atom is 0.288 e. The molecule has 0 aliphatic heterocycles. The summed E-state index contributed by atoms with van der Waals surface area (Å²) in [5.74, 6) is -0.478. The second-order valence-corrected chi connectivity index (χ2v) is 4.10. The molecule has 1 aromatic heterocycles. The maximum absolute atomic E-state index is 13.6. The fourth-order valence-corrected chi connectivity index (χ4v) is 2.08. The summed E-state index contributed by atoms with van der Waals surface area (Å²) in [7, 11) is 1.46. The van der Waals surface area contributed by atoms with E-state index in [1.54, 1.807) is 12.1 Å². The minimum absolute atomic E-state index is 0.0119. The third-order valence-electron chi connectivity index (χ3n) is 2.34. The van der Waals surface area contributed by atoms with Crippen molar-refractivity contribution in [3.63, 3.8) is 0 Å². The van der Waals surface area contributed by atoms with Gasteiger partial charge in [-0.2, -0.15) is 0 Å². The van der Waals surface area contributed by atoms with Crippen molar-refractivity contribution in [2.24, 2.45) is 7.05 Å². The number of hydrogen-bond donors (Lipinski definition) is 0. The van der Waals surface area contributed by atoms with Crippen molar-refractivity contribution < 1.29 is 4.39 Å². The summed E-state index contributed by atoms with van der Waals surface area (Å²) in [4.78, 5) is 15.3. The monoisotopic (exact) mass is 272 g/mol. The fraction of sp³-hybridized carbons (Fsp3) is 0.0909. The highest BCUT2D eigenvalue weighted by Gasteiger charge is 2.16.